The highest BCUT2D eigenvalue weighted by Gasteiger charge is 2.15. The summed E-state index contributed by atoms with van der Waals surface area (Å²) in [5.41, 5.74) is 4.57. The number of hydrogen-bond donors (Lipinski definition) is 2. The van der Waals surface area contributed by atoms with E-state index in [0.717, 1.165) is 24.0 Å². The summed E-state index contributed by atoms with van der Waals surface area (Å²) < 4.78 is 0. The lowest BCUT2D eigenvalue weighted by Gasteiger charge is -2.18. The Morgan fingerprint density at radius 1 is 0.815 bits per heavy atom. The van der Waals surface area contributed by atoms with Crippen molar-refractivity contribution in [3.05, 3.63) is 95.6 Å². The van der Waals surface area contributed by atoms with Gasteiger partial charge in [0.25, 0.3) is 0 Å². The molecule has 0 saturated heterocycles. The fourth-order valence-corrected chi connectivity index (χ4v) is 3.41. The minimum Gasteiger partial charge on any atom is -0.508 e. The molecule has 1 unspecified atom stereocenters. The Morgan fingerprint density at radius 2 is 1.56 bits per heavy atom. The molecule has 1 aromatic heterocycles. The van der Waals surface area contributed by atoms with Crippen molar-refractivity contribution < 1.29 is 5.11 Å². The topological polar surface area (TPSA) is 74.7 Å². The van der Waals surface area contributed by atoms with Crippen LogP contribution >= 0.6 is 0 Å². The van der Waals surface area contributed by atoms with Crippen LogP contribution in [0.3, 0.4) is 0 Å². The van der Waals surface area contributed by atoms with E-state index in [1.165, 1.54) is 11.1 Å². The highest BCUT2D eigenvalue weighted by Crippen LogP contribution is 2.27. The molecule has 4 rings (SSSR count). The molecule has 27 heavy (non-hydrogen) atoms. The van der Waals surface area contributed by atoms with Gasteiger partial charge in [-0.1, -0.05) is 60.7 Å². The van der Waals surface area contributed by atoms with Crippen molar-refractivity contribution in [2.75, 3.05) is 0 Å². The molecule has 1 atom stereocenters. The van der Waals surface area contributed by atoms with Crippen molar-refractivity contribution in [2.45, 2.75) is 18.8 Å². The van der Waals surface area contributed by atoms with Crippen molar-refractivity contribution in [1.29, 1.82) is 0 Å². The first-order chi connectivity index (χ1) is 13.3. The van der Waals surface area contributed by atoms with Gasteiger partial charge in [-0.05, 0) is 58.9 Å². The van der Waals surface area contributed by atoms with Crippen LogP contribution in [0.4, 0.5) is 0 Å². The van der Waals surface area contributed by atoms with Gasteiger partial charge in [0.15, 0.2) is 0 Å². The largest absolute Gasteiger partial charge is 0.508 e. The van der Waals surface area contributed by atoms with E-state index >= 15 is 0 Å². The van der Waals surface area contributed by atoms with Gasteiger partial charge in [-0.25, -0.2) is 0 Å². The molecule has 0 bridgehead atoms. The SMILES string of the molecule is Oc1cccc(CC(Cc2cccc(-c3nn[nH]n3)c2)c2ccccc2)c1. The third kappa shape index (κ3) is 4.20. The summed E-state index contributed by atoms with van der Waals surface area (Å²) in [5.74, 6) is 1.20. The van der Waals surface area contributed by atoms with Crippen LogP contribution < -0.4 is 0 Å². The number of phenolic OH excluding ortho intramolecular Hbond substituents is 1. The second-order valence-electron chi connectivity index (χ2n) is 6.62. The van der Waals surface area contributed by atoms with E-state index in [1.807, 2.05) is 30.3 Å². The summed E-state index contributed by atoms with van der Waals surface area (Å²) in [5, 5.41) is 24.1. The predicted molar refractivity (Wildman–Crippen MR) is 104 cm³/mol. The Morgan fingerprint density at radius 3 is 2.26 bits per heavy atom. The van der Waals surface area contributed by atoms with Crippen LogP contribution in [0.15, 0.2) is 78.9 Å². The van der Waals surface area contributed by atoms with Gasteiger partial charge in [0.1, 0.15) is 5.75 Å². The summed E-state index contributed by atoms with van der Waals surface area (Å²) in [4.78, 5) is 0. The molecule has 4 aromatic rings. The maximum absolute atomic E-state index is 9.81. The lowest BCUT2D eigenvalue weighted by molar-refractivity contribution is 0.474. The maximum atomic E-state index is 9.81. The number of H-pyrrole nitrogens is 1. The van der Waals surface area contributed by atoms with Gasteiger partial charge in [-0.2, -0.15) is 5.21 Å². The lowest BCUT2D eigenvalue weighted by Crippen LogP contribution is -2.07. The molecule has 0 fully saturated rings. The van der Waals surface area contributed by atoms with E-state index in [4.69, 9.17) is 0 Å². The minimum absolute atomic E-state index is 0.300. The molecule has 3 aromatic carbocycles. The monoisotopic (exact) mass is 356 g/mol. The Hall–Kier alpha value is -3.47. The van der Waals surface area contributed by atoms with Gasteiger partial charge in [0.2, 0.25) is 5.82 Å². The molecule has 0 aliphatic heterocycles. The molecule has 0 radical (unpaired) electrons. The van der Waals surface area contributed by atoms with Crippen molar-refractivity contribution in [3.63, 3.8) is 0 Å². The first kappa shape index (κ1) is 17.0. The summed E-state index contributed by atoms with van der Waals surface area (Å²) >= 11 is 0. The maximum Gasteiger partial charge on any atom is 0.204 e. The van der Waals surface area contributed by atoms with Gasteiger partial charge < -0.3 is 5.11 Å². The number of aromatic nitrogens is 4. The zero-order valence-electron chi connectivity index (χ0n) is 14.8. The number of tetrazole rings is 1. The third-order valence-electron chi connectivity index (χ3n) is 4.68. The van der Waals surface area contributed by atoms with Gasteiger partial charge in [0, 0.05) is 5.56 Å². The summed E-state index contributed by atoms with van der Waals surface area (Å²) in [6.45, 7) is 0. The zero-order valence-corrected chi connectivity index (χ0v) is 14.8. The fourth-order valence-electron chi connectivity index (χ4n) is 3.41. The number of benzene rings is 3. The van der Waals surface area contributed by atoms with Crippen LogP contribution in [-0.2, 0) is 12.8 Å². The number of rotatable bonds is 6. The highest BCUT2D eigenvalue weighted by atomic mass is 16.3. The van der Waals surface area contributed by atoms with Gasteiger partial charge in [-0.3, -0.25) is 0 Å². The number of phenols is 1. The number of aromatic amines is 1. The van der Waals surface area contributed by atoms with Crippen molar-refractivity contribution in [3.8, 4) is 17.1 Å². The Kier molecular flexibility index (Phi) is 4.92. The van der Waals surface area contributed by atoms with Crippen LogP contribution in [0, 0.1) is 0 Å². The average Bonchev–Trinajstić information content (AvgIpc) is 3.23. The van der Waals surface area contributed by atoms with Crippen LogP contribution in [0.25, 0.3) is 11.4 Å². The van der Waals surface area contributed by atoms with E-state index in [0.29, 0.717) is 17.5 Å². The van der Waals surface area contributed by atoms with Crippen molar-refractivity contribution >= 4 is 0 Å². The molecule has 0 aliphatic carbocycles. The minimum atomic E-state index is 0.300. The number of nitrogens with one attached hydrogen (secondary N) is 1. The van der Waals surface area contributed by atoms with E-state index in [9.17, 15) is 5.11 Å². The van der Waals surface area contributed by atoms with Crippen LogP contribution in [0.1, 0.15) is 22.6 Å². The smallest absolute Gasteiger partial charge is 0.204 e. The quantitative estimate of drug-likeness (QED) is 0.544. The Bertz CT molecular complexity index is 1000. The number of nitrogens with zero attached hydrogens (tertiary/aromatic N) is 3. The van der Waals surface area contributed by atoms with Crippen LogP contribution in [-0.4, -0.2) is 25.7 Å². The van der Waals surface area contributed by atoms with E-state index in [2.05, 4.69) is 63.1 Å². The Balaban J connectivity index is 1.62. The normalized spacial score (nSPS) is 12.0. The van der Waals surface area contributed by atoms with E-state index < -0.39 is 0 Å². The second kappa shape index (κ2) is 7.83. The number of hydrogen-bond acceptors (Lipinski definition) is 4. The average molecular weight is 356 g/mol. The summed E-state index contributed by atoms with van der Waals surface area (Å²) in [7, 11) is 0. The molecule has 0 saturated carbocycles. The first-order valence-electron chi connectivity index (χ1n) is 8.93. The first-order valence-corrected chi connectivity index (χ1v) is 8.93. The van der Waals surface area contributed by atoms with Crippen molar-refractivity contribution in [1.82, 2.24) is 20.6 Å². The molecule has 5 nitrogen and oxygen atoms in total. The molecular formula is C22H20N4O. The summed E-state index contributed by atoms with van der Waals surface area (Å²) in [6.07, 6.45) is 1.73. The standard InChI is InChI=1S/C22H20N4O/c27-21-11-5-7-17(15-21)14-20(18-8-2-1-3-9-18)13-16-6-4-10-19(12-16)22-23-25-26-24-22/h1-12,15,20,27H,13-14H2,(H,23,24,25,26). The summed E-state index contributed by atoms with van der Waals surface area (Å²) in [6, 6.07) is 26.2. The zero-order chi connectivity index (χ0) is 18.5. The molecule has 0 amide bonds. The van der Waals surface area contributed by atoms with E-state index in [-0.39, 0.29) is 0 Å². The van der Waals surface area contributed by atoms with Gasteiger partial charge in [-0.15, -0.1) is 10.2 Å². The molecule has 5 heteroatoms. The fraction of sp³-hybridized carbons (Fsp3) is 0.136. The molecular weight excluding hydrogens is 336 g/mol. The molecule has 2 N–H and O–H groups in total. The molecule has 0 aliphatic rings. The second-order valence-corrected chi connectivity index (χ2v) is 6.62. The molecule has 0 spiro atoms. The predicted octanol–water partition coefficient (Wildman–Crippen LogP) is 4.14. The van der Waals surface area contributed by atoms with Gasteiger partial charge in [0.05, 0.1) is 0 Å². The van der Waals surface area contributed by atoms with Crippen LogP contribution in [0.5, 0.6) is 5.75 Å². The molecule has 1 heterocycles. The lowest BCUT2D eigenvalue weighted by atomic mass is 9.86. The van der Waals surface area contributed by atoms with E-state index in [1.54, 1.807) is 6.07 Å². The third-order valence-corrected chi connectivity index (χ3v) is 4.68. The van der Waals surface area contributed by atoms with Crippen molar-refractivity contribution in [2.24, 2.45) is 0 Å². The Labute approximate surface area is 157 Å². The molecule has 134 valence electrons. The highest BCUT2D eigenvalue weighted by molar-refractivity contribution is 5.55. The van der Waals surface area contributed by atoms with Crippen LogP contribution in [0.2, 0.25) is 0 Å². The van der Waals surface area contributed by atoms with Gasteiger partial charge >= 0.3 is 0 Å². The number of aromatic hydroxyl groups is 1.